The molecular weight excluding hydrogens is 524 g/mol. The lowest BCUT2D eigenvalue weighted by Crippen LogP contribution is -2.34. The average molecular weight is 557 g/mol. The second-order valence-corrected chi connectivity index (χ2v) is 9.35. The van der Waals surface area contributed by atoms with Gasteiger partial charge < -0.3 is 19.3 Å². The molecule has 0 aromatic heterocycles. The maximum absolute atomic E-state index is 11.9. The maximum atomic E-state index is 11.9. The van der Waals surface area contributed by atoms with Crippen LogP contribution in [0.25, 0.3) is 0 Å². The van der Waals surface area contributed by atoms with Crippen molar-refractivity contribution in [3.05, 3.63) is 70.8 Å². The number of fused-ring (bicyclic) bond motifs is 2. The molecule has 2 N–H and O–H groups in total. The Hall–Kier alpha value is -3.52. The minimum absolute atomic E-state index is 0.130. The minimum atomic E-state index is -0.657. The van der Waals surface area contributed by atoms with Crippen molar-refractivity contribution in [1.29, 1.82) is 0 Å². The van der Waals surface area contributed by atoms with Gasteiger partial charge in [-0.2, -0.15) is 0 Å². The fourth-order valence-electron chi connectivity index (χ4n) is 4.22. The quantitative estimate of drug-likeness (QED) is 0.416. The summed E-state index contributed by atoms with van der Waals surface area (Å²) < 4.78 is 14.9. The van der Waals surface area contributed by atoms with Gasteiger partial charge in [-0.15, -0.1) is 10.1 Å². The number of carbonyl (C=O) groups excluding carboxylic acids is 4. The van der Waals surface area contributed by atoms with E-state index in [2.05, 4.69) is 0 Å². The van der Waals surface area contributed by atoms with E-state index in [0.717, 1.165) is 31.3 Å². The van der Waals surface area contributed by atoms with Crippen LogP contribution in [0, 0.1) is 0 Å². The molecule has 5 aliphatic rings. The molecule has 0 spiro atoms. The van der Waals surface area contributed by atoms with Crippen LogP contribution in [0.1, 0.15) is 67.1 Å². The molecule has 0 saturated carbocycles. The molecule has 4 amide bonds. The van der Waals surface area contributed by atoms with Crippen molar-refractivity contribution in [2.75, 3.05) is 39.6 Å². The highest BCUT2D eigenvalue weighted by molar-refractivity contribution is 6.21. The predicted octanol–water partition coefficient (Wildman–Crippen LogP) is 2.24. The van der Waals surface area contributed by atoms with Crippen LogP contribution in [0.5, 0.6) is 0 Å². The largest absolute Gasteiger partial charge is 0.391 e. The summed E-state index contributed by atoms with van der Waals surface area (Å²) in [5.74, 6) is -2.10. The number of amides is 4. The van der Waals surface area contributed by atoms with Gasteiger partial charge in [0.05, 0.1) is 41.6 Å². The Morgan fingerprint density at radius 3 is 1.48 bits per heavy atom. The molecule has 0 radical (unpaired) electrons. The molecule has 12 heteroatoms. The zero-order chi connectivity index (χ0) is 28.5. The second-order valence-electron chi connectivity index (χ2n) is 9.35. The molecule has 7 rings (SSSR count). The van der Waals surface area contributed by atoms with Gasteiger partial charge in [0.2, 0.25) is 0 Å². The van der Waals surface area contributed by atoms with Gasteiger partial charge >= 0.3 is 0 Å². The summed E-state index contributed by atoms with van der Waals surface area (Å²) in [6.45, 7) is 4.31. The van der Waals surface area contributed by atoms with Gasteiger partial charge in [0.15, 0.2) is 0 Å². The van der Waals surface area contributed by atoms with E-state index in [9.17, 15) is 19.2 Å². The highest BCUT2D eigenvalue weighted by Crippen LogP contribution is 2.24. The van der Waals surface area contributed by atoms with Crippen molar-refractivity contribution in [3.8, 4) is 0 Å². The monoisotopic (exact) mass is 556 g/mol. The van der Waals surface area contributed by atoms with E-state index in [1.165, 1.54) is 25.0 Å². The number of rotatable bonds is 2. The standard InChI is InChI=1S/C12H11NO4.C8H5NO3.C4H8O2.C4H8O/c14-11-9-3-1-2-4-10(9)12(15)13(11)17-8-5-6-16-7-8;10-7-5-3-1-2-4-6(5)8(11)9(7)12;5-4-1-2-6-3-4;1-2-4-5-3-1/h1-4,8H,5-7H2;1-4,12H;4-5H,1-3H2;1-4H2. The van der Waals surface area contributed by atoms with E-state index in [1.807, 2.05) is 0 Å². The Morgan fingerprint density at radius 1 is 0.650 bits per heavy atom. The number of nitrogens with zero attached hydrogens (tertiary/aromatic N) is 2. The summed E-state index contributed by atoms with van der Waals surface area (Å²) in [7, 11) is 0. The van der Waals surface area contributed by atoms with E-state index < -0.39 is 23.6 Å². The maximum Gasteiger partial charge on any atom is 0.285 e. The SMILES string of the molecule is C1CCOC1.O=C1c2ccccc2C(=O)N1O.O=C1c2ccccc2C(=O)N1OC1CCOC1.OC1CCOC1. The third-order valence-corrected chi connectivity index (χ3v) is 6.40. The molecule has 40 heavy (non-hydrogen) atoms. The van der Waals surface area contributed by atoms with Crippen LogP contribution >= 0.6 is 0 Å². The topological polar surface area (TPSA) is 152 Å². The number of aliphatic hydroxyl groups is 1. The molecule has 5 heterocycles. The van der Waals surface area contributed by atoms with E-state index >= 15 is 0 Å². The molecule has 12 nitrogen and oxygen atoms in total. The van der Waals surface area contributed by atoms with Crippen LogP contribution < -0.4 is 0 Å². The number of carbonyl (C=O) groups is 4. The van der Waals surface area contributed by atoms with Crippen LogP contribution in [0.3, 0.4) is 0 Å². The molecule has 2 atom stereocenters. The van der Waals surface area contributed by atoms with Crippen LogP contribution in [0.15, 0.2) is 48.5 Å². The Balaban J connectivity index is 0.000000138. The molecule has 5 aliphatic heterocycles. The molecule has 0 aliphatic carbocycles. The minimum Gasteiger partial charge on any atom is -0.391 e. The molecule has 2 unspecified atom stereocenters. The highest BCUT2D eigenvalue weighted by Gasteiger charge is 2.38. The first-order chi connectivity index (χ1) is 19.4. The fourth-order valence-corrected chi connectivity index (χ4v) is 4.22. The van der Waals surface area contributed by atoms with Crippen LogP contribution in [0.2, 0.25) is 0 Å². The number of hydroxylamine groups is 4. The second kappa shape index (κ2) is 14.2. The van der Waals surface area contributed by atoms with E-state index in [0.29, 0.717) is 37.4 Å². The summed E-state index contributed by atoms with van der Waals surface area (Å²) >= 11 is 0. The molecule has 0 bridgehead atoms. The highest BCUT2D eigenvalue weighted by atomic mass is 16.7. The van der Waals surface area contributed by atoms with Crippen LogP contribution in [-0.4, -0.2) is 95.9 Å². The Morgan fingerprint density at radius 2 is 1.12 bits per heavy atom. The summed E-state index contributed by atoms with van der Waals surface area (Å²) in [5.41, 5.74) is 1.31. The zero-order valence-corrected chi connectivity index (χ0v) is 21.9. The molecule has 2 aromatic carbocycles. The van der Waals surface area contributed by atoms with E-state index in [1.54, 1.807) is 36.4 Å². The Labute approximate surface area is 230 Å². The first kappa shape index (κ1) is 29.5. The summed E-state index contributed by atoms with van der Waals surface area (Å²) in [6, 6.07) is 13.0. The van der Waals surface area contributed by atoms with Gasteiger partial charge in [-0.25, -0.2) is 0 Å². The number of hydrogen-bond acceptors (Lipinski definition) is 10. The third kappa shape index (κ3) is 7.16. The smallest absolute Gasteiger partial charge is 0.285 e. The van der Waals surface area contributed by atoms with Gasteiger partial charge in [-0.05, 0) is 43.5 Å². The first-order valence-corrected chi connectivity index (χ1v) is 13.1. The van der Waals surface area contributed by atoms with E-state index in [4.69, 9.17) is 29.4 Å². The molecular formula is C28H32N2O10. The van der Waals surface area contributed by atoms with Gasteiger partial charge in [0.25, 0.3) is 23.6 Å². The summed E-state index contributed by atoms with van der Waals surface area (Å²) in [5, 5.41) is 18.5. The average Bonchev–Trinajstić information content (AvgIpc) is 3.83. The van der Waals surface area contributed by atoms with Crippen molar-refractivity contribution in [2.24, 2.45) is 0 Å². The van der Waals surface area contributed by atoms with E-state index in [-0.39, 0.29) is 28.4 Å². The predicted molar refractivity (Wildman–Crippen MR) is 137 cm³/mol. The lowest BCUT2D eigenvalue weighted by Gasteiger charge is -2.17. The molecule has 214 valence electrons. The Kier molecular flexibility index (Phi) is 10.5. The first-order valence-electron chi connectivity index (χ1n) is 13.1. The lowest BCUT2D eigenvalue weighted by molar-refractivity contribution is -0.131. The molecule has 2 aromatic rings. The fraction of sp³-hybridized carbons (Fsp3) is 0.429. The lowest BCUT2D eigenvalue weighted by atomic mass is 10.1. The number of aliphatic hydroxyl groups excluding tert-OH is 1. The number of ether oxygens (including phenoxy) is 3. The van der Waals surface area contributed by atoms with Crippen LogP contribution in [-0.2, 0) is 19.0 Å². The summed E-state index contributed by atoms with van der Waals surface area (Å²) in [6.07, 6.45) is 3.69. The van der Waals surface area contributed by atoms with Crippen molar-refractivity contribution in [1.82, 2.24) is 10.1 Å². The number of benzene rings is 2. The van der Waals surface area contributed by atoms with Gasteiger partial charge in [0, 0.05) is 32.8 Å². The van der Waals surface area contributed by atoms with Crippen molar-refractivity contribution < 1.29 is 48.5 Å². The van der Waals surface area contributed by atoms with Gasteiger partial charge in [0.1, 0.15) is 6.10 Å². The van der Waals surface area contributed by atoms with Gasteiger partial charge in [-0.3, -0.25) is 29.2 Å². The number of imide groups is 2. The third-order valence-electron chi connectivity index (χ3n) is 6.40. The van der Waals surface area contributed by atoms with Crippen molar-refractivity contribution in [3.63, 3.8) is 0 Å². The van der Waals surface area contributed by atoms with Crippen molar-refractivity contribution >= 4 is 23.6 Å². The number of hydrogen-bond donors (Lipinski definition) is 2. The van der Waals surface area contributed by atoms with Crippen LogP contribution in [0.4, 0.5) is 0 Å². The van der Waals surface area contributed by atoms with Crippen molar-refractivity contribution in [2.45, 2.75) is 37.9 Å². The normalized spacial score (nSPS) is 22.6. The molecule has 3 saturated heterocycles. The van der Waals surface area contributed by atoms with Gasteiger partial charge in [-0.1, -0.05) is 24.3 Å². The molecule has 3 fully saturated rings. The summed E-state index contributed by atoms with van der Waals surface area (Å²) in [4.78, 5) is 51.4. The zero-order valence-electron chi connectivity index (χ0n) is 21.9. The Bertz CT molecular complexity index is 1130.